The van der Waals surface area contributed by atoms with Gasteiger partial charge in [-0.1, -0.05) is 20.8 Å². The van der Waals surface area contributed by atoms with E-state index in [0.29, 0.717) is 17.2 Å². The first-order chi connectivity index (χ1) is 9.85. The fraction of sp³-hybridized carbons (Fsp3) is 0.438. The van der Waals surface area contributed by atoms with E-state index in [1.807, 2.05) is 0 Å². The van der Waals surface area contributed by atoms with Crippen LogP contribution in [0.2, 0.25) is 0 Å². The first-order valence-electron chi connectivity index (χ1n) is 7.09. The Kier molecular flexibility index (Phi) is 6.09. The lowest BCUT2D eigenvalue weighted by molar-refractivity contribution is -0.112. The van der Waals surface area contributed by atoms with Crippen molar-refractivity contribution >= 4 is 23.2 Å². The van der Waals surface area contributed by atoms with E-state index in [9.17, 15) is 9.59 Å². The average Bonchev–Trinajstić information content (AvgIpc) is 2.44. The molecular formula is C16H22N2O3. The van der Waals surface area contributed by atoms with Crippen LogP contribution in [0.1, 0.15) is 49.5 Å². The van der Waals surface area contributed by atoms with Crippen LogP contribution >= 0.6 is 0 Å². The molecule has 0 aromatic heterocycles. The average molecular weight is 290 g/mol. The SMILES string of the molecule is CCC(=O)C(=N)c1cc(NCCC(C)C)cc(C(=O)O)c1. The van der Waals surface area contributed by atoms with Gasteiger partial charge in [0.05, 0.1) is 5.56 Å². The number of aromatic carboxylic acids is 1. The molecule has 0 heterocycles. The lowest BCUT2D eigenvalue weighted by Gasteiger charge is -2.11. The van der Waals surface area contributed by atoms with Crippen LogP contribution in [0.25, 0.3) is 0 Å². The maximum atomic E-state index is 11.6. The van der Waals surface area contributed by atoms with Gasteiger partial charge in [-0.25, -0.2) is 4.79 Å². The van der Waals surface area contributed by atoms with Gasteiger partial charge in [-0.15, -0.1) is 0 Å². The Labute approximate surface area is 124 Å². The van der Waals surface area contributed by atoms with E-state index in [-0.39, 0.29) is 23.5 Å². The molecule has 0 aliphatic rings. The summed E-state index contributed by atoms with van der Waals surface area (Å²) in [5.41, 5.74) is 0.897. The number of rotatable bonds is 8. The maximum Gasteiger partial charge on any atom is 0.335 e. The van der Waals surface area contributed by atoms with Crippen LogP contribution in [0.4, 0.5) is 5.69 Å². The van der Waals surface area contributed by atoms with Crippen molar-refractivity contribution in [3.05, 3.63) is 29.3 Å². The number of carboxylic acid groups (broad SMARTS) is 1. The number of anilines is 1. The van der Waals surface area contributed by atoms with Gasteiger partial charge in [-0.2, -0.15) is 0 Å². The second-order valence-corrected chi connectivity index (χ2v) is 5.37. The topological polar surface area (TPSA) is 90.3 Å². The van der Waals surface area contributed by atoms with E-state index >= 15 is 0 Å². The highest BCUT2D eigenvalue weighted by Crippen LogP contribution is 2.17. The van der Waals surface area contributed by atoms with Crippen LogP contribution in [0, 0.1) is 11.3 Å². The Morgan fingerprint density at radius 1 is 1.24 bits per heavy atom. The summed E-state index contributed by atoms with van der Waals surface area (Å²) in [4.78, 5) is 22.8. The highest BCUT2D eigenvalue weighted by molar-refractivity contribution is 6.45. The number of ketones is 1. The minimum absolute atomic E-state index is 0.0770. The van der Waals surface area contributed by atoms with Crippen molar-refractivity contribution in [2.45, 2.75) is 33.6 Å². The van der Waals surface area contributed by atoms with Gasteiger partial charge in [0.25, 0.3) is 0 Å². The summed E-state index contributed by atoms with van der Waals surface area (Å²) < 4.78 is 0. The zero-order chi connectivity index (χ0) is 16.0. The Balaban J connectivity index is 3.03. The van der Waals surface area contributed by atoms with Crippen LogP contribution < -0.4 is 5.32 Å². The lowest BCUT2D eigenvalue weighted by atomic mass is 10.0. The third-order valence-corrected chi connectivity index (χ3v) is 3.12. The molecule has 0 amide bonds. The fourth-order valence-electron chi connectivity index (χ4n) is 1.84. The van der Waals surface area contributed by atoms with Crippen molar-refractivity contribution in [2.75, 3.05) is 11.9 Å². The molecule has 0 bridgehead atoms. The van der Waals surface area contributed by atoms with Crippen molar-refractivity contribution in [2.24, 2.45) is 5.92 Å². The Morgan fingerprint density at radius 2 is 1.86 bits per heavy atom. The molecule has 5 heteroatoms. The molecular weight excluding hydrogens is 268 g/mol. The van der Waals surface area contributed by atoms with Crippen LogP contribution in [0.3, 0.4) is 0 Å². The van der Waals surface area contributed by atoms with E-state index < -0.39 is 5.97 Å². The van der Waals surface area contributed by atoms with Crippen molar-refractivity contribution in [3.63, 3.8) is 0 Å². The molecule has 1 aromatic carbocycles. The molecule has 0 fully saturated rings. The molecule has 0 aliphatic heterocycles. The summed E-state index contributed by atoms with van der Waals surface area (Å²) in [5.74, 6) is -0.828. The number of hydrogen-bond acceptors (Lipinski definition) is 4. The van der Waals surface area contributed by atoms with Gasteiger partial charge < -0.3 is 10.4 Å². The molecule has 3 N–H and O–H groups in total. The molecule has 0 saturated carbocycles. The van der Waals surface area contributed by atoms with Gasteiger partial charge in [-0.05, 0) is 30.5 Å². The van der Waals surface area contributed by atoms with Crippen molar-refractivity contribution in [1.29, 1.82) is 5.41 Å². The minimum atomic E-state index is -1.07. The number of benzene rings is 1. The molecule has 0 spiro atoms. The number of carboxylic acids is 1. The molecule has 0 unspecified atom stereocenters. The predicted molar refractivity (Wildman–Crippen MR) is 83.5 cm³/mol. The van der Waals surface area contributed by atoms with Crippen molar-refractivity contribution in [1.82, 2.24) is 0 Å². The third kappa shape index (κ3) is 5.02. The quantitative estimate of drug-likeness (QED) is 0.641. The van der Waals surface area contributed by atoms with Crippen LogP contribution in [-0.2, 0) is 4.79 Å². The first-order valence-corrected chi connectivity index (χ1v) is 7.09. The molecule has 1 rings (SSSR count). The number of carbonyl (C=O) groups excluding carboxylic acids is 1. The molecule has 21 heavy (non-hydrogen) atoms. The zero-order valence-corrected chi connectivity index (χ0v) is 12.7. The van der Waals surface area contributed by atoms with Gasteiger partial charge in [0.1, 0.15) is 5.71 Å². The minimum Gasteiger partial charge on any atom is -0.478 e. The molecule has 5 nitrogen and oxygen atoms in total. The van der Waals surface area contributed by atoms with E-state index in [1.165, 1.54) is 12.1 Å². The van der Waals surface area contributed by atoms with E-state index in [1.54, 1.807) is 13.0 Å². The van der Waals surface area contributed by atoms with E-state index in [4.69, 9.17) is 10.5 Å². The lowest BCUT2D eigenvalue weighted by Crippen LogP contribution is -2.15. The molecule has 0 atom stereocenters. The molecule has 0 aliphatic carbocycles. The number of carbonyl (C=O) groups is 2. The molecule has 1 aromatic rings. The molecule has 0 saturated heterocycles. The summed E-state index contributed by atoms with van der Waals surface area (Å²) in [6.07, 6.45) is 1.18. The largest absolute Gasteiger partial charge is 0.478 e. The smallest absolute Gasteiger partial charge is 0.335 e. The zero-order valence-electron chi connectivity index (χ0n) is 12.7. The second kappa shape index (κ2) is 7.57. The van der Waals surface area contributed by atoms with Gasteiger partial charge >= 0.3 is 5.97 Å². The monoisotopic (exact) mass is 290 g/mol. The standard InChI is InChI=1S/C16H22N2O3/c1-4-14(19)15(17)11-7-12(16(20)21)9-13(8-11)18-6-5-10(2)3/h7-10,17-18H,4-6H2,1-3H3,(H,20,21). The number of Topliss-reactive ketones (excluding diaryl/α,β-unsaturated/α-hetero) is 1. The summed E-state index contributed by atoms with van der Waals surface area (Å²) in [5, 5.41) is 20.1. The van der Waals surface area contributed by atoms with Gasteiger partial charge in [0.15, 0.2) is 5.78 Å². The van der Waals surface area contributed by atoms with Crippen molar-refractivity contribution in [3.8, 4) is 0 Å². The van der Waals surface area contributed by atoms with Gasteiger partial charge in [-0.3, -0.25) is 10.2 Å². The Morgan fingerprint density at radius 3 is 2.38 bits per heavy atom. The Bertz CT molecular complexity index is 550. The summed E-state index contributed by atoms with van der Waals surface area (Å²) in [6.45, 7) is 6.61. The molecule has 0 radical (unpaired) electrons. The third-order valence-electron chi connectivity index (χ3n) is 3.12. The van der Waals surface area contributed by atoms with Gasteiger partial charge in [0.2, 0.25) is 0 Å². The summed E-state index contributed by atoms with van der Waals surface area (Å²) in [6, 6.07) is 4.55. The van der Waals surface area contributed by atoms with Crippen LogP contribution in [-0.4, -0.2) is 29.1 Å². The second-order valence-electron chi connectivity index (χ2n) is 5.37. The highest BCUT2D eigenvalue weighted by Gasteiger charge is 2.14. The van der Waals surface area contributed by atoms with E-state index in [0.717, 1.165) is 13.0 Å². The normalized spacial score (nSPS) is 10.5. The fourth-order valence-corrected chi connectivity index (χ4v) is 1.84. The number of hydrogen-bond donors (Lipinski definition) is 3. The Hall–Kier alpha value is -2.17. The van der Waals surface area contributed by atoms with Crippen LogP contribution in [0.5, 0.6) is 0 Å². The van der Waals surface area contributed by atoms with Gasteiger partial charge in [0, 0.05) is 24.2 Å². The predicted octanol–water partition coefficient (Wildman–Crippen LogP) is 3.19. The van der Waals surface area contributed by atoms with Crippen LogP contribution in [0.15, 0.2) is 18.2 Å². The highest BCUT2D eigenvalue weighted by atomic mass is 16.4. The molecule has 114 valence electrons. The van der Waals surface area contributed by atoms with E-state index in [2.05, 4.69) is 19.2 Å². The summed E-state index contributed by atoms with van der Waals surface area (Å²) >= 11 is 0. The first kappa shape index (κ1) is 16.9. The summed E-state index contributed by atoms with van der Waals surface area (Å²) in [7, 11) is 0. The van der Waals surface area contributed by atoms with Crippen molar-refractivity contribution < 1.29 is 14.7 Å². The maximum absolute atomic E-state index is 11.6. The number of nitrogens with one attached hydrogen (secondary N) is 2.